The lowest BCUT2D eigenvalue weighted by atomic mass is 10.1. The van der Waals surface area contributed by atoms with Crippen LogP contribution in [0.1, 0.15) is 5.56 Å². The second-order valence-corrected chi connectivity index (χ2v) is 4.92. The van der Waals surface area contributed by atoms with Gasteiger partial charge in [0.1, 0.15) is 5.69 Å². The van der Waals surface area contributed by atoms with E-state index in [1.54, 1.807) is 0 Å². The first-order valence-corrected chi connectivity index (χ1v) is 6.66. The molecule has 1 aromatic heterocycles. The molecule has 0 radical (unpaired) electrons. The van der Waals surface area contributed by atoms with Crippen LogP contribution in [0.25, 0.3) is 22.6 Å². The molecule has 0 saturated carbocycles. The molecule has 0 aliphatic heterocycles. The van der Waals surface area contributed by atoms with E-state index in [2.05, 4.69) is 5.16 Å². The van der Waals surface area contributed by atoms with Crippen molar-refractivity contribution in [1.29, 1.82) is 0 Å². The minimum atomic E-state index is 0.537. The first-order valence-electron chi connectivity index (χ1n) is 6.28. The van der Waals surface area contributed by atoms with Crippen LogP contribution in [0.3, 0.4) is 0 Å². The molecule has 0 bridgehead atoms. The van der Waals surface area contributed by atoms with Crippen LogP contribution in [0.4, 0.5) is 0 Å². The normalized spacial score (nSPS) is 10.7. The lowest BCUT2D eigenvalue weighted by Gasteiger charge is -1.98. The van der Waals surface area contributed by atoms with Crippen LogP contribution in [0, 0.1) is 0 Å². The minimum absolute atomic E-state index is 0.537. The van der Waals surface area contributed by atoms with Gasteiger partial charge in [-0.05, 0) is 29.8 Å². The molecule has 3 aromatic rings. The Hall–Kier alpha value is -2.10. The Balaban J connectivity index is 1.91. The predicted octanol–water partition coefficient (Wildman–Crippen LogP) is 4.12. The maximum absolute atomic E-state index is 5.87. The van der Waals surface area contributed by atoms with Crippen molar-refractivity contribution in [3.63, 3.8) is 0 Å². The third kappa shape index (κ3) is 2.59. The van der Waals surface area contributed by atoms with Gasteiger partial charge in [-0.25, -0.2) is 0 Å². The predicted molar refractivity (Wildman–Crippen MR) is 80.3 cm³/mol. The number of nitrogens with zero attached hydrogens (tertiary/aromatic N) is 1. The molecule has 0 saturated heterocycles. The van der Waals surface area contributed by atoms with Crippen LogP contribution >= 0.6 is 11.6 Å². The minimum Gasteiger partial charge on any atom is -0.356 e. The number of rotatable bonds is 3. The van der Waals surface area contributed by atoms with Gasteiger partial charge in [-0.1, -0.05) is 41.0 Å². The van der Waals surface area contributed by atoms with E-state index in [4.69, 9.17) is 21.9 Å². The summed E-state index contributed by atoms with van der Waals surface area (Å²) >= 11 is 5.87. The molecule has 20 heavy (non-hydrogen) atoms. The van der Waals surface area contributed by atoms with E-state index in [0.717, 1.165) is 28.1 Å². The van der Waals surface area contributed by atoms with Crippen molar-refractivity contribution in [2.45, 2.75) is 6.54 Å². The van der Waals surface area contributed by atoms with Gasteiger partial charge in [0, 0.05) is 28.8 Å². The highest BCUT2D eigenvalue weighted by Crippen LogP contribution is 2.27. The zero-order valence-corrected chi connectivity index (χ0v) is 11.5. The number of aromatic nitrogens is 1. The second kappa shape index (κ2) is 5.49. The summed E-state index contributed by atoms with van der Waals surface area (Å²) in [7, 11) is 0. The fourth-order valence-corrected chi connectivity index (χ4v) is 2.10. The highest BCUT2D eigenvalue weighted by molar-refractivity contribution is 6.30. The Morgan fingerprint density at radius 3 is 2.25 bits per heavy atom. The zero-order chi connectivity index (χ0) is 13.9. The van der Waals surface area contributed by atoms with Crippen molar-refractivity contribution < 1.29 is 4.52 Å². The third-order valence-electron chi connectivity index (χ3n) is 3.12. The van der Waals surface area contributed by atoms with E-state index in [-0.39, 0.29) is 0 Å². The first-order chi connectivity index (χ1) is 9.76. The maximum atomic E-state index is 5.87. The van der Waals surface area contributed by atoms with Gasteiger partial charge >= 0.3 is 0 Å². The molecule has 3 rings (SSSR count). The number of benzene rings is 2. The first kappa shape index (κ1) is 12.9. The average Bonchev–Trinajstić information content (AvgIpc) is 2.98. The SMILES string of the molecule is NCc1ccc(-c2cc(-c3ccc(Cl)cc3)on2)cc1. The smallest absolute Gasteiger partial charge is 0.167 e. The molecule has 1 heterocycles. The summed E-state index contributed by atoms with van der Waals surface area (Å²) in [6.45, 7) is 0.537. The van der Waals surface area contributed by atoms with Gasteiger partial charge in [0.2, 0.25) is 0 Å². The zero-order valence-electron chi connectivity index (χ0n) is 10.7. The van der Waals surface area contributed by atoms with Gasteiger partial charge in [0.25, 0.3) is 0 Å². The van der Waals surface area contributed by atoms with Crippen molar-refractivity contribution in [1.82, 2.24) is 5.16 Å². The molecular weight excluding hydrogens is 272 g/mol. The Labute approximate surface area is 122 Å². The Bertz CT molecular complexity index is 702. The molecule has 0 unspecified atom stereocenters. The fraction of sp³-hybridized carbons (Fsp3) is 0.0625. The standard InChI is InChI=1S/C16H13ClN2O/c17-14-7-5-13(6-8-14)16-9-15(19-20-16)12-3-1-11(10-18)2-4-12/h1-9H,10,18H2. The lowest BCUT2D eigenvalue weighted by molar-refractivity contribution is 0.435. The molecule has 2 N–H and O–H groups in total. The quantitative estimate of drug-likeness (QED) is 0.787. The molecule has 0 spiro atoms. The summed E-state index contributed by atoms with van der Waals surface area (Å²) in [5.41, 5.74) is 9.44. The average molecular weight is 285 g/mol. The Kier molecular flexibility index (Phi) is 3.54. The highest BCUT2D eigenvalue weighted by atomic mass is 35.5. The van der Waals surface area contributed by atoms with E-state index >= 15 is 0 Å². The van der Waals surface area contributed by atoms with Crippen molar-refractivity contribution in [3.8, 4) is 22.6 Å². The molecule has 2 aromatic carbocycles. The van der Waals surface area contributed by atoms with Gasteiger partial charge in [0.05, 0.1) is 0 Å². The number of hydrogen-bond donors (Lipinski definition) is 1. The van der Waals surface area contributed by atoms with E-state index in [1.807, 2.05) is 54.6 Å². The second-order valence-electron chi connectivity index (χ2n) is 4.48. The van der Waals surface area contributed by atoms with Crippen molar-refractivity contribution in [2.75, 3.05) is 0 Å². The summed E-state index contributed by atoms with van der Waals surface area (Å²) in [5, 5.41) is 4.80. The van der Waals surface area contributed by atoms with Crippen LogP contribution in [0.2, 0.25) is 5.02 Å². The largest absolute Gasteiger partial charge is 0.356 e. The number of nitrogens with two attached hydrogens (primary N) is 1. The van der Waals surface area contributed by atoms with Crippen LogP contribution in [-0.2, 0) is 6.54 Å². The number of halogens is 1. The summed E-state index contributed by atoms with van der Waals surface area (Å²) in [4.78, 5) is 0. The Morgan fingerprint density at radius 2 is 1.60 bits per heavy atom. The molecule has 100 valence electrons. The van der Waals surface area contributed by atoms with Gasteiger partial charge in [0.15, 0.2) is 5.76 Å². The van der Waals surface area contributed by atoms with Gasteiger partial charge < -0.3 is 10.3 Å². The lowest BCUT2D eigenvalue weighted by Crippen LogP contribution is -1.95. The third-order valence-corrected chi connectivity index (χ3v) is 3.38. The Morgan fingerprint density at radius 1 is 0.950 bits per heavy atom. The van der Waals surface area contributed by atoms with Crippen LogP contribution in [-0.4, -0.2) is 5.16 Å². The summed E-state index contributed by atoms with van der Waals surface area (Å²) in [6, 6.07) is 17.4. The summed E-state index contributed by atoms with van der Waals surface area (Å²) in [6.07, 6.45) is 0. The monoisotopic (exact) mass is 284 g/mol. The molecule has 0 fully saturated rings. The molecule has 0 aliphatic rings. The van der Waals surface area contributed by atoms with Crippen LogP contribution in [0.15, 0.2) is 59.1 Å². The van der Waals surface area contributed by atoms with Crippen LogP contribution in [0.5, 0.6) is 0 Å². The fourth-order valence-electron chi connectivity index (χ4n) is 1.97. The molecule has 4 heteroatoms. The van der Waals surface area contributed by atoms with Crippen LogP contribution < -0.4 is 5.73 Å². The van der Waals surface area contributed by atoms with Crippen molar-refractivity contribution in [2.24, 2.45) is 5.73 Å². The molecule has 3 nitrogen and oxygen atoms in total. The molecule has 0 amide bonds. The van der Waals surface area contributed by atoms with E-state index in [0.29, 0.717) is 11.6 Å². The van der Waals surface area contributed by atoms with Gasteiger partial charge in [-0.3, -0.25) is 0 Å². The molecule has 0 atom stereocenters. The maximum Gasteiger partial charge on any atom is 0.167 e. The van der Waals surface area contributed by atoms with Gasteiger partial charge in [-0.15, -0.1) is 0 Å². The van der Waals surface area contributed by atoms with E-state index in [9.17, 15) is 0 Å². The van der Waals surface area contributed by atoms with E-state index in [1.165, 1.54) is 0 Å². The van der Waals surface area contributed by atoms with Crippen molar-refractivity contribution >= 4 is 11.6 Å². The topological polar surface area (TPSA) is 52.0 Å². The summed E-state index contributed by atoms with van der Waals surface area (Å²) < 4.78 is 5.38. The van der Waals surface area contributed by atoms with E-state index < -0.39 is 0 Å². The van der Waals surface area contributed by atoms with Crippen molar-refractivity contribution in [3.05, 3.63) is 65.2 Å². The highest BCUT2D eigenvalue weighted by Gasteiger charge is 2.08. The van der Waals surface area contributed by atoms with Gasteiger partial charge in [-0.2, -0.15) is 0 Å². The summed E-state index contributed by atoms with van der Waals surface area (Å²) in [5.74, 6) is 0.722. The molecular formula is C16H13ClN2O. The number of hydrogen-bond acceptors (Lipinski definition) is 3. The molecule has 0 aliphatic carbocycles.